The van der Waals surface area contributed by atoms with Crippen molar-refractivity contribution in [3.63, 3.8) is 0 Å². The monoisotopic (exact) mass is 246 g/mol. The first-order valence-electron chi connectivity index (χ1n) is 7.39. The molecule has 4 fully saturated rings. The molecule has 4 nitrogen and oxygen atoms in total. The van der Waals surface area contributed by atoms with Gasteiger partial charge in [-0.2, -0.15) is 0 Å². The zero-order chi connectivity index (χ0) is 12.2. The molecule has 2 N–H and O–H groups in total. The van der Waals surface area contributed by atoms with E-state index in [-0.39, 0.29) is 0 Å². The standard InChI is InChI=1S/C14H22N4/c15-2-1-13-9-16-17-18(13)14-6-10-3-11(7-14)5-12(4-10)8-14/h9-12H,1-8,15H2. The van der Waals surface area contributed by atoms with Crippen LogP contribution in [0.5, 0.6) is 0 Å². The van der Waals surface area contributed by atoms with Crippen LogP contribution in [-0.4, -0.2) is 21.5 Å². The molecular weight excluding hydrogens is 224 g/mol. The maximum Gasteiger partial charge on any atom is 0.0725 e. The molecule has 4 bridgehead atoms. The highest BCUT2D eigenvalue weighted by atomic mass is 15.5. The number of hydrogen-bond acceptors (Lipinski definition) is 3. The van der Waals surface area contributed by atoms with Crippen LogP contribution in [-0.2, 0) is 12.0 Å². The molecule has 0 aliphatic heterocycles. The third-order valence-electron chi connectivity index (χ3n) is 5.48. The summed E-state index contributed by atoms with van der Waals surface area (Å²) in [6, 6.07) is 0. The summed E-state index contributed by atoms with van der Waals surface area (Å²) >= 11 is 0. The van der Waals surface area contributed by atoms with Crippen LogP contribution in [0, 0.1) is 17.8 Å². The van der Waals surface area contributed by atoms with Gasteiger partial charge in [0.2, 0.25) is 0 Å². The second-order valence-corrected chi connectivity index (χ2v) is 6.82. The Morgan fingerprint density at radius 2 is 1.78 bits per heavy atom. The van der Waals surface area contributed by atoms with Crippen LogP contribution in [0.3, 0.4) is 0 Å². The highest BCUT2D eigenvalue weighted by Gasteiger charge is 2.52. The molecule has 0 aromatic carbocycles. The van der Waals surface area contributed by atoms with Crippen LogP contribution in [0.4, 0.5) is 0 Å². The normalized spacial score (nSPS) is 41.5. The molecule has 1 aromatic heterocycles. The average molecular weight is 246 g/mol. The third kappa shape index (κ3) is 1.48. The van der Waals surface area contributed by atoms with Gasteiger partial charge in [0.25, 0.3) is 0 Å². The summed E-state index contributed by atoms with van der Waals surface area (Å²) in [6.45, 7) is 0.694. The number of nitrogens with zero attached hydrogens (tertiary/aromatic N) is 3. The van der Waals surface area contributed by atoms with E-state index < -0.39 is 0 Å². The largest absolute Gasteiger partial charge is 0.330 e. The minimum atomic E-state index is 0.301. The molecule has 0 radical (unpaired) electrons. The van der Waals surface area contributed by atoms with Crippen molar-refractivity contribution in [2.24, 2.45) is 23.5 Å². The first-order valence-corrected chi connectivity index (χ1v) is 7.39. The maximum atomic E-state index is 5.71. The van der Waals surface area contributed by atoms with Crippen molar-refractivity contribution in [3.05, 3.63) is 11.9 Å². The Kier molecular flexibility index (Phi) is 2.31. The SMILES string of the molecule is NCCc1cnnn1C12CC3CC(CC(C3)C1)C2. The zero-order valence-corrected chi connectivity index (χ0v) is 10.9. The Morgan fingerprint density at radius 1 is 1.17 bits per heavy atom. The molecule has 18 heavy (non-hydrogen) atoms. The number of hydrogen-bond donors (Lipinski definition) is 1. The summed E-state index contributed by atoms with van der Waals surface area (Å²) in [7, 11) is 0. The molecule has 5 rings (SSSR count). The van der Waals surface area contributed by atoms with Gasteiger partial charge < -0.3 is 5.73 Å². The molecule has 4 saturated carbocycles. The Balaban J connectivity index is 1.72. The van der Waals surface area contributed by atoms with E-state index in [0.717, 1.165) is 24.2 Å². The average Bonchev–Trinajstić information content (AvgIpc) is 2.76. The van der Waals surface area contributed by atoms with Crippen molar-refractivity contribution >= 4 is 0 Å². The van der Waals surface area contributed by atoms with Gasteiger partial charge in [-0.25, -0.2) is 4.68 Å². The minimum Gasteiger partial charge on any atom is -0.330 e. The molecule has 0 spiro atoms. The van der Waals surface area contributed by atoms with Crippen molar-refractivity contribution in [1.82, 2.24) is 15.0 Å². The molecular formula is C14H22N4. The lowest BCUT2D eigenvalue weighted by Crippen LogP contribution is -2.52. The quantitative estimate of drug-likeness (QED) is 0.883. The van der Waals surface area contributed by atoms with E-state index in [4.69, 9.17) is 5.73 Å². The van der Waals surface area contributed by atoms with E-state index >= 15 is 0 Å². The Bertz CT molecular complexity index is 415. The van der Waals surface area contributed by atoms with E-state index in [0.29, 0.717) is 12.1 Å². The third-order valence-corrected chi connectivity index (χ3v) is 5.48. The lowest BCUT2D eigenvalue weighted by atomic mass is 9.53. The van der Waals surface area contributed by atoms with Gasteiger partial charge in [0.15, 0.2) is 0 Å². The molecule has 0 amide bonds. The number of rotatable bonds is 3. The highest BCUT2D eigenvalue weighted by molar-refractivity contribution is 5.09. The van der Waals surface area contributed by atoms with Crippen molar-refractivity contribution in [2.45, 2.75) is 50.5 Å². The van der Waals surface area contributed by atoms with E-state index in [1.165, 1.54) is 44.2 Å². The summed E-state index contributed by atoms with van der Waals surface area (Å²) in [4.78, 5) is 0. The molecule has 0 atom stereocenters. The first-order chi connectivity index (χ1) is 8.79. The Labute approximate surface area is 108 Å². The van der Waals surface area contributed by atoms with Crippen molar-refractivity contribution < 1.29 is 0 Å². The smallest absolute Gasteiger partial charge is 0.0725 e. The molecule has 4 aliphatic rings. The summed E-state index contributed by atoms with van der Waals surface area (Å²) in [5.41, 5.74) is 7.26. The zero-order valence-electron chi connectivity index (χ0n) is 10.9. The molecule has 4 aliphatic carbocycles. The van der Waals surface area contributed by atoms with Gasteiger partial charge in [-0.3, -0.25) is 0 Å². The van der Waals surface area contributed by atoms with E-state index in [9.17, 15) is 0 Å². The van der Waals surface area contributed by atoms with Gasteiger partial charge in [-0.15, -0.1) is 5.10 Å². The topological polar surface area (TPSA) is 56.7 Å². The second kappa shape index (κ2) is 3.80. The van der Waals surface area contributed by atoms with Crippen LogP contribution in [0.15, 0.2) is 6.20 Å². The number of aromatic nitrogens is 3. The Morgan fingerprint density at radius 3 is 2.33 bits per heavy atom. The lowest BCUT2D eigenvalue weighted by molar-refractivity contribution is -0.0515. The van der Waals surface area contributed by atoms with E-state index in [1.807, 2.05) is 6.20 Å². The second-order valence-electron chi connectivity index (χ2n) is 6.82. The summed E-state index contributed by atoms with van der Waals surface area (Å²) in [6.07, 6.45) is 11.3. The fourth-order valence-corrected chi connectivity index (χ4v) is 5.30. The van der Waals surface area contributed by atoms with Crippen LogP contribution >= 0.6 is 0 Å². The summed E-state index contributed by atoms with van der Waals surface area (Å²) in [5, 5.41) is 8.59. The van der Waals surface area contributed by atoms with E-state index in [1.54, 1.807) is 0 Å². The predicted octanol–water partition coefficient (Wildman–Crippen LogP) is 1.70. The van der Waals surface area contributed by atoms with Crippen LogP contribution in [0.1, 0.15) is 44.2 Å². The summed E-state index contributed by atoms with van der Waals surface area (Å²) < 4.78 is 2.27. The molecule has 0 saturated heterocycles. The molecule has 1 aromatic rings. The van der Waals surface area contributed by atoms with Gasteiger partial charge in [-0.05, 0) is 62.8 Å². The molecule has 0 unspecified atom stereocenters. The minimum absolute atomic E-state index is 0.301. The van der Waals surface area contributed by atoms with Gasteiger partial charge in [0, 0.05) is 6.42 Å². The predicted molar refractivity (Wildman–Crippen MR) is 68.9 cm³/mol. The fourth-order valence-electron chi connectivity index (χ4n) is 5.30. The first kappa shape index (κ1) is 11.0. The number of nitrogens with two attached hydrogens (primary N) is 1. The van der Waals surface area contributed by atoms with Gasteiger partial charge in [0.1, 0.15) is 0 Å². The molecule has 98 valence electrons. The van der Waals surface area contributed by atoms with Crippen LogP contribution < -0.4 is 5.73 Å². The van der Waals surface area contributed by atoms with Gasteiger partial charge in [-0.1, -0.05) is 5.21 Å². The van der Waals surface area contributed by atoms with Crippen LogP contribution in [0.2, 0.25) is 0 Å². The van der Waals surface area contributed by atoms with Gasteiger partial charge >= 0.3 is 0 Å². The molecule has 4 heteroatoms. The van der Waals surface area contributed by atoms with Crippen molar-refractivity contribution in [3.8, 4) is 0 Å². The van der Waals surface area contributed by atoms with E-state index in [2.05, 4.69) is 15.0 Å². The lowest BCUT2D eigenvalue weighted by Gasteiger charge is -2.56. The van der Waals surface area contributed by atoms with Gasteiger partial charge in [0.05, 0.1) is 17.4 Å². The fraction of sp³-hybridized carbons (Fsp3) is 0.857. The maximum absolute atomic E-state index is 5.71. The Hall–Kier alpha value is -0.900. The summed E-state index contributed by atoms with van der Waals surface area (Å²) in [5.74, 6) is 2.85. The van der Waals surface area contributed by atoms with Crippen molar-refractivity contribution in [2.75, 3.05) is 6.54 Å². The van der Waals surface area contributed by atoms with Crippen molar-refractivity contribution in [1.29, 1.82) is 0 Å². The highest BCUT2D eigenvalue weighted by Crippen LogP contribution is 2.58. The van der Waals surface area contributed by atoms with Crippen LogP contribution in [0.25, 0.3) is 0 Å². The molecule has 1 heterocycles.